The minimum atomic E-state index is 0.0266. The van der Waals surface area contributed by atoms with Crippen molar-refractivity contribution in [1.29, 1.82) is 0 Å². The molecule has 0 bridgehead atoms. The first-order valence-corrected chi connectivity index (χ1v) is 5.57. The molecule has 1 aromatic carbocycles. The molecule has 0 atom stereocenters. The van der Waals surface area contributed by atoms with E-state index in [1.54, 1.807) is 19.0 Å². The van der Waals surface area contributed by atoms with Gasteiger partial charge in [-0.25, -0.2) is 0 Å². The van der Waals surface area contributed by atoms with Crippen molar-refractivity contribution in [2.75, 3.05) is 14.1 Å². The van der Waals surface area contributed by atoms with E-state index in [2.05, 4.69) is 0 Å². The summed E-state index contributed by atoms with van der Waals surface area (Å²) in [5.41, 5.74) is 1.66. The van der Waals surface area contributed by atoms with Crippen LogP contribution in [0.2, 0.25) is 0 Å². The third-order valence-electron chi connectivity index (χ3n) is 2.74. The molecule has 3 heteroatoms. The average Bonchev–Trinajstić information content (AvgIpc) is 3.04. The highest BCUT2D eigenvalue weighted by Crippen LogP contribution is 2.30. The summed E-state index contributed by atoms with van der Waals surface area (Å²) in [4.78, 5) is 13.5. The van der Waals surface area contributed by atoms with Crippen LogP contribution in [-0.4, -0.2) is 31.0 Å². The Labute approximate surface area is 96.0 Å². The van der Waals surface area contributed by atoms with Gasteiger partial charge in [0, 0.05) is 25.2 Å². The van der Waals surface area contributed by atoms with Gasteiger partial charge >= 0.3 is 0 Å². The highest BCUT2D eigenvalue weighted by Gasteiger charge is 2.25. The molecular formula is C13H17NO2. The van der Waals surface area contributed by atoms with Crippen molar-refractivity contribution in [2.24, 2.45) is 0 Å². The van der Waals surface area contributed by atoms with Crippen molar-refractivity contribution >= 4 is 5.91 Å². The lowest BCUT2D eigenvalue weighted by Gasteiger charge is -2.15. The van der Waals surface area contributed by atoms with Crippen LogP contribution in [0.5, 0.6) is 5.75 Å². The SMILES string of the molecule is Cc1c(OC2CC2)cccc1C(=O)N(C)C. The van der Waals surface area contributed by atoms with E-state index in [0.29, 0.717) is 6.10 Å². The van der Waals surface area contributed by atoms with Gasteiger partial charge in [-0.05, 0) is 31.9 Å². The molecule has 0 aromatic heterocycles. The maximum absolute atomic E-state index is 11.9. The maximum Gasteiger partial charge on any atom is 0.253 e. The van der Waals surface area contributed by atoms with Crippen LogP contribution in [0.15, 0.2) is 18.2 Å². The zero-order chi connectivity index (χ0) is 11.7. The van der Waals surface area contributed by atoms with E-state index in [0.717, 1.165) is 29.7 Å². The maximum atomic E-state index is 11.9. The number of benzene rings is 1. The van der Waals surface area contributed by atoms with Crippen LogP contribution in [0.1, 0.15) is 28.8 Å². The van der Waals surface area contributed by atoms with Crippen LogP contribution in [0.4, 0.5) is 0 Å². The first-order chi connectivity index (χ1) is 7.59. The third kappa shape index (κ3) is 2.18. The van der Waals surface area contributed by atoms with E-state index in [4.69, 9.17) is 4.74 Å². The highest BCUT2D eigenvalue weighted by atomic mass is 16.5. The van der Waals surface area contributed by atoms with Crippen LogP contribution in [0.25, 0.3) is 0 Å². The Bertz CT molecular complexity index is 408. The number of hydrogen-bond acceptors (Lipinski definition) is 2. The van der Waals surface area contributed by atoms with E-state index in [1.165, 1.54) is 0 Å². The molecule has 1 aromatic rings. The smallest absolute Gasteiger partial charge is 0.253 e. The number of hydrogen-bond donors (Lipinski definition) is 0. The Morgan fingerprint density at radius 3 is 2.62 bits per heavy atom. The summed E-state index contributed by atoms with van der Waals surface area (Å²) in [5, 5.41) is 0. The first-order valence-electron chi connectivity index (χ1n) is 5.57. The molecule has 86 valence electrons. The highest BCUT2D eigenvalue weighted by molar-refractivity contribution is 5.95. The molecule has 1 amide bonds. The monoisotopic (exact) mass is 219 g/mol. The van der Waals surface area contributed by atoms with Gasteiger partial charge in [-0.15, -0.1) is 0 Å². The van der Waals surface area contributed by atoms with Gasteiger partial charge in [0.25, 0.3) is 5.91 Å². The van der Waals surface area contributed by atoms with Crippen molar-refractivity contribution < 1.29 is 9.53 Å². The van der Waals surface area contributed by atoms with E-state index in [1.807, 2.05) is 25.1 Å². The Kier molecular flexibility index (Phi) is 2.86. The summed E-state index contributed by atoms with van der Waals surface area (Å²) in [5.74, 6) is 0.869. The minimum Gasteiger partial charge on any atom is -0.490 e. The fourth-order valence-corrected chi connectivity index (χ4v) is 1.58. The molecule has 0 N–H and O–H groups in total. The lowest BCUT2D eigenvalue weighted by Crippen LogP contribution is -2.22. The molecule has 0 radical (unpaired) electrons. The van der Waals surface area contributed by atoms with Crippen molar-refractivity contribution in [1.82, 2.24) is 4.90 Å². The molecule has 0 spiro atoms. The first kappa shape index (κ1) is 11.0. The van der Waals surface area contributed by atoms with Gasteiger partial charge in [0.1, 0.15) is 5.75 Å². The van der Waals surface area contributed by atoms with E-state index in [-0.39, 0.29) is 5.91 Å². The molecule has 0 saturated heterocycles. The van der Waals surface area contributed by atoms with Crippen LogP contribution in [-0.2, 0) is 0 Å². The summed E-state index contributed by atoms with van der Waals surface area (Å²) >= 11 is 0. The van der Waals surface area contributed by atoms with Crippen molar-refractivity contribution in [3.63, 3.8) is 0 Å². The van der Waals surface area contributed by atoms with Crippen LogP contribution >= 0.6 is 0 Å². The standard InChI is InChI=1S/C13H17NO2/c1-9-11(13(15)14(2)3)5-4-6-12(9)16-10-7-8-10/h4-6,10H,7-8H2,1-3H3. The largest absolute Gasteiger partial charge is 0.490 e. The molecule has 2 rings (SSSR count). The quantitative estimate of drug-likeness (QED) is 0.780. The summed E-state index contributed by atoms with van der Waals surface area (Å²) in [6.07, 6.45) is 2.62. The second-order valence-corrected chi connectivity index (χ2v) is 4.45. The average molecular weight is 219 g/mol. The number of amides is 1. The predicted octanol–water partition coefficient (Wildman–Crippen LogP) is 2.24. The van der Waals surface area contributed by atoms with Gasteiger partial charge in [0.2, 0.25) is 0 Å². The Morgan fingerprint density at radius 2 is 2.06 bits per heavy atom. The summed E-state index contributed by atoms with van der Waals surface area (Å²) in [6.45, 7) is 1.94. The molecule has 1 fully saturated rings. The Hall–Kier alpha value is -1.51. The fraction of sp³-hybridized carbons (Fsp3) is 0.462. The minimum absolute atomic E-state index is 0.0266. The second-order valence-electron chi connectivity index (χ2n) is 4.45. The lowest BCUT2D eigenvalue weighted by molar-refractivity contribution is 0.0826. The zero-order valence-electron chi connectivity index (χ0n) is 9.99. The number of rotatable bonds is 3. The summed E-state index contributed by atoms with van der Waals surface area (Å²) in [7, 11) is 3.52. The normalized spacial score (nSPS) is 14.7. The van der Waals surface area contributed by atoms with Gasteiger partial charge in [-0.1, -0.05) is 6.07 Å². The van der Waals surface area contributed by atoms with Crippen LogP contribution < -0.4 is 4.74 Å². The van der Waals surface area contributed by atoms with Gasteiger partial charge in [-0.2, -0.15) is 0 Å². The molecular weight excluding hydrogens is 202 g/mol. The lowest BCUT2D eigenvalue weighted by atomic mass is 10.1. The molecule has 1 aliphatic carbocycles. The fourth-order valence-electron chi connectivity index (χ4n) is 1.58. The molecule has 3 nitrogen and oxygen atoms in total. The predicted molar refractivity (Wildman–Crippen MR) is 62.8 cm³/mol. The summed E-state index contributed by atoms with van der Waals surface area (Å²) < 4.78 is 5.76. The van der Waals surface area contributed by atoms with Gasteiger partial charge in [0.05, 0.1) is 6.10 Å². The van der Waals surface area contributed by atoms with E-state index < -0.39 is 0 Å². The molecule has 0 unspecified atom stereocenters. The topological polar surface area (TPSA) is 29.5 Å². The van der Waals surface area contributed by atoms with E-state index >= 15 is 0 Å². The molecule has 0 heterocycles. The molecule has 0 aliphatic heterocycles. The van der Waals surface area contributed by atoms with Crippen LogP contribution in [0, 0.1) is 6.92 Å². The van der Waals surface area contributed by atoms with E-state index in [9.17, 15) is 4.79 Å². The van der Waals surface area contributed by atoms with Crippen LogP contribution in [0.3, 0.4) is 0 Å². The number of nitrogens with zero attached hydrogens (tertiary/aromatic N) is 1. The second kappa shape index (κ2) is 4.16. The number of carbonyl (C=O) groups excluding carboxylic acids is 1. The molecule has 1 aliphatic rings. The molecule has 1 saturated carbocycles. The Morgan fingerprint density at radius 1 is 1.38 bits per heavy atom. The van der Waals surface area contributed by atoms with Gasteiger partial charge < -0.3 is 9.64 Å². The summed E-state index contributed by atoms with van der Waals surface area (Å²) in [6, 6.07) is 5.65. The third-order valence-corrected chi connectivity index (χ3v) is 2.74. The van der Waals surface area contributed by atoms with Gasteiger partial charge in [-0.3, -0.25) is 4.79 Å². The van der Waals surface area contributed by atoms with Crippen molar-refractivity contribution in [3.05, 3.63) is 29.3 Å². The number of ether oxygens (including phenoxy) is 1. The number of carbonyl (C=O) groups is 1. The van der Waals surface area contributed by atoms with Gasteiger partial charge in [0.15, 0.2) is 0 Å². The zero-order valence-corrected chi connectivity index (χ0v) is 9.99. The molecule has 16 heavy (non-hydrogen) atoms. The van der Waals surface area contributed by atoms with Crippen molar-refractivity contribution in [2.45, 2.75) is 25.9 Å². The van der Waals surface area contributed by atoms with Crippen molar-refractivity contribution in [3.8, 4) is 5.75 Å². The Balaban J connectivity index is 2.27.